The number of nitrogens with one attached hydrogen (secondary N) is 1. The van der Waals surface area contributed by atoms with Gasteiger partial charge in [0.2, 0.25) is 0 Å². The summed E-state index contributed by atoms with van der Waals surface area (Å²) in [6.45, 7) is 1.63. The minimum absolute atomic E-state index is 0.117. The second-order valence-electron chi connectivity index (χ2n) is 5.77. The first-order chi connectivity index (χ1) is 13.5. The van der Waals surface area contributed by atoms with Gasteiger partial charge in [-0.3, -0.25) is 14.0 Å². The van der Waals surface area contributed by atoms with E-state index >= 15 is 0 Å². The molecule has 0 saturated heterocycles. The highest BCUT2D eigenvalue weighted by Crippen LogP contribution is 2.28. The third kappa shape index (κ3) is 3.59. The zero-order valence-corrected chi connectivity index (χ0v) is 16.1. The lowest BCUT2D eigenvalue weighted by Crippen LogP contribution is -2.14. The van der Waals surface area contributed by atoms with Crippen molar-refractivity contribution in [1.82, 2.24) is 9.38 Å². The van der Waals surface area contributed by atoms with Crippen molar-refractivity contribution < 1.29 is 18.7 Å². The molecular weight excluding hydrogens is 402 g/mol. The number of hydrogen-bond donors (Lipinski definition) is 1. The smallest absolute Gasteiger partial charge is 0.349 e. The van der Waals surface area contributed by atoms with Gasteiger partial charge in [0.25, 0.3) is 11.5 Å². The Labute approximate surface area is 166 Å². The van der Waals surface area contributed by atoms with E-state index in [1.807, 2.05) is 0 Å². The van der Waals surface area contributed by atoms with E-state index in [4.69, 9.17) is 9.15 Å². The van der Waals surface area contributed by atoms with Crippen LogP contribution in [-0.2, 0) is 11.3 Å². The largest absolute Gasteiger partial charge is 0.459 e. The normalized spacial score (nSPS) is 10.9. The van der Waals surface area contributed by atoms with Crippen molar-refractivity contribution in [2.75, 3.05) is 5.32 Å². The summed E-state index contributed by atoms with van der Waals surface area (Å²) >= 11 is 2.43. The van der Waals surface area contributed by atoms with Crippen molar-refractivity contribution >= 4 is 44.5 Å². The molecule has 0 radical (unpaired) electrons. The Bertz CT molecular complexity index is 1220. The Morgan fingerprint density at radius 2 is 2.21 bits per heavy atom. The van der Waals surface area contributed by atoms with Gasteiger partial charge in [0.05, 0.1) is 17.0 Å². The average molecular weight is 415 g/mol. The number of thiophene rings is 1. The summed E-state index contributed by atoms with van der Waals surface area (Å²) in [4.78, 5) is 41.6. The lowest BCUT2D eigenvalue weighted by atomic mass is 10.3. The fourth-order valence-corrected chi connectivity index (χ4v) is 4.19. The third-order valence-electron chi connectivity index (χ3n) is 3.79. The van der Waals surface area contributed by atoms with Gasteiger partial charge in [0.1, 0.15) is 11.5 Å². The van der Waals surface area contributed by atoms with Crippen LogP contribution in [-0.4, -0.2) is 21.3 Å². The predicted molar refractivity (Wildman–Crippen MR) is 104 cm³/mol. The first-order valence-corrected chi connectivity index (χ1v) is 9.79. The summed E-state index contributed by atoms with van der Waals surface area (Å²) in [6.07, 6.45) is 3.05. The Morgan fingerprint density at radius 1 is 1.36 bits per heavy atom. The molecule has 10 heteroatoms. The molecule has 8 nitrogen and oxygen atoms in total. The lowest BCUT2D eigenvalue weighted by Gasteiger charge is -2.04. The van der Waals surface area contributed by atoms with Gasteiger partial charge in [-0.1, -0.05) is 0 Å². The molecule has 0 aliphatic heterocycles. The van der Waals surface area contributed by atoms with E-state index in [1.165, 1.54) is 28.1 Å². The Hall–Kier alpha value is -3.24. The molecule has 1 N–H and O–H groups in total. The maximum Gasteiger partial charge on any atom is 0.349 e. The number of ether oxygens (including phenoxy) is 1. The van der Waals surface area contributed by atoms with Gasteiger partial charge >= 0.3 is 5.97 Å². The summed E-state index contributed by atoms with van der Waals surface area (Å²) in [7, 11) is 0. The van der Waals surface area contributed by atoms with E-state index < -0.39 is 11.9 Å². The van der Waals surface area contributed by atoms with E-state index in [-0.39, 0.29) is 17.9 Å². The summed E-state index contributed by atoms with van der Waals surface area (Å²) < 4.78 is 11.8. The zero-order chi connectivity index (χ0) is 19.7. The van der Waals surface area contributed by atoms with Crippen LogP contribution in [0.5, 0.6) is 0 Å². The number of rotatable bonds is 5. The molecule has 1 amide bonds. The molecule has 0 aliphatic rings. The van der Waals surface area contributed by atoms with Gasteiger partial charge in [0, 0.05) is 17.6 Å². The highest BCUT2D eigenvalue weighted by Gasteiger charge is 2.18. The maximum absolute atomic E-state index is 12.4. The Morgan fingerprint density at radius 3 is 3.00 bits per heavy atom. The second-order valence-corrected chi connectivity index (χ2v) is 7.70. The van der Waals surface area contributed by atoms with E-state index in [1.54, 1.807) is 36.7 Å². The molecular formula is C18H13N3O5S2. The number of esters is 1. The fraction of sp³-hybridized carbons (Fsp3) is 0.111. The monoisotopic (exact) mass is 415 g/mol. The molecule has 0 bridgehead atoms. The van der Waals surface area contributed by atoms with Crippen LogP contribution >= 0.6 is 22.7 Å². The molecule has 0 spiro atoms. The van der Waals surface area contributed by atoms with Crippen molar-refractivity contribution in [3.8, 4) is 0 Å². The number of furan rings is 1. The lowest BCUT2D eigenvalue weighted by molar-refractivity contribution is 0.0472. The van der Waals surface area contributed by atoms with Crippen LogP contribution in [0.15, 0.2) is 51.3 Å². The van der Waals surface area contributed by atoms with Crippen LogP contribution in [0.1, 0.15) is 31.5 Å². The molecule has 0 fully saturated rings. The van der Waals surface area contributed by atoms with Crippen molar-refractivity contribution in [1.29, 1.82) is 0 Å². The highest BCUT2D eigenvalue weighted by atomic mass is 32.1. The molecule has 0 atom stereocenters. The van der Waals surface area contributed by atoms with Crippen molar-refractivity contribution in [2.24, 2.45) is 0 Å². The van der Waals surface area contributed by atoms with Crippen molar-refractivity contribution in [2.45, 2.75) is 13.5 Å². The summed E-state index contributed by atoms with van der Waals surface area (Å²) in [5.41, 5.74) is 0.820. The summed E-state index contributed by atoms with van der Waals surface area (Å²) in [5.74, 6) is -0.772. The summed E-state index contributed by atoms with van der Waals surface area (Å²) in [6, 6.07) is 6.18. The van der Waals surface area contributed by atoms with E-state index in [0.717, 1.165) is 11.3 Å². The number of anilines is 1. The van der Waals surface area contributed by atoms with Gasteiger partial charge in [0.15, 0.2) is 10.7 Å². The quantitative estimate of drug-likeness (QED) is 0.502. The van der Waals surface area contributed by atoms with Gasteiger partial charge in [-0.15, -0.1) is 22.7 Å². The second kappa shape index (κ2) is 7.41. The molecule has 4 aromatic rings. The number of hydrogen-bond acceptors (Lipinski definition) is 8. The number of aryl methyl sites for hydroxylation is 1. The first kappa shape index (κ1) is 18.1. The van der Waals surface area contributed by atoms with E-state index in [0.29, 0.717) is 26.1 Å². The third-order valence-corrected chi connectivity index (χ3v) is 5.68. The number of nitrogens with zero attached hydrogens (tertiary/aromatic N) is 2. The van der Waals surface area contributed by atoms with Crippen molar-refractivity contribution in [3.63, 3.8) is 0 Å². The number of carbonyl (C=O) groups is 2. The van der Waals surface area contributed by atoms with Crippen LogP contribution in [0.3, 0.4) is 0 Å². The van der Waals surface area contributed by atoms with Gasteiger partial charge in [-0.2, -0.15) is 0 Å². The average Bonchev–Trinajstić information content (AvgIpc) is 3.40. The van der Waals surface area contributed by atoms with E-state index in [9.17, 15) is 14.4 Å². The van der Waals surface area contributed by atoms with Gasteiger partial charge in [-0.05, 0) is 30.7 Å². The maximum atomic E-state index is 12.4. The Kier molecular flexibility index (Phi) is 4.80. The zero-order valence-electron chi connectivity index (χ0n) is 14.5. The highest BCUT2D eigenvalue weighted by molar-refractivity contribution is 7.18. The van der Waals surface area contributed by atoms with Crippen LogP contribution in [0, 0.1) is 6.92 Å². The Balaban J connectivity index is 1.45. The molecule has 0 aromatic carbocycles. The topological polar surface area (TPSA) is 103 Å². The molecule has 4 aromatic heterocycles. The number of amides is 1. The summed E-state index contributed by atoms with van der Waals surface area (Å²) in [5, 5.41) is 4.94. The number of thiazole rings is 1. The first-order valence-electron chi connectivity index (χ1n) is 8.09. The van der Waals surface area contributed by atoms with E-state index in [2.05, 4.69) is 10.3 Å². The predicted octanol–water partition coefficient (Wildman–Crippen LogP) is 3.33. The standard InChI is InChI=1S/C18H13N3O5S2/c1-10-7-13(20-16(23)12-3-2-5-25-12)28-15(10)17(24)26-9-11-8-14(22)21-4-6-27-18(21)19-11/h2-8H,9H2,1H3,(H,20,23). The van der Waals surface area contributed by atoms with Gasteiger partial charge in [-0.25, -0.2) is 9.78 Å². The van der Waals surface area contributed by atoms with Crippen LogP contribution < -0.4 is 10.9 Å². The van der Waals surface area contributed by atoms with Crippen molar-refractivity contribution in [3.05, 3.63) is 74.4 Å². The SMILES string of the molecule is Cc1cc(NC(=O)c2ccco2)sc1C(=O)OCc1cc(=O)n2ccsc2n1. The fourth-order valence-electron chi connectivity index (χ4n) is 2.49. The molecule has 4 heterocycles. The number of carbonyl (C=O) groups excluding carboxylic acids is 2. The molecule has 0 unspecified atom stereocenters. The number of fused-ring (bicyclic) bond motifs is 1. The van der Waals surface area contributed by atoms with Crippen LogP contribution in [0.25, 0.3) is 4.96 Å². The minimum Gasteiger partial charge on any atom is -0.459 e. The molecule has 0 aliphatic carbocycles. The molecule has 4 rings (SSSR count). The molecule has 142 valence electrons. The van der Waals surface area contributed by atoms with Gasteiger partial charge < -0.3 is 14.5 Å². The minimum atomic E-state index is -0.547. The molecule has 28 heavy (non-hydrogen) atoms. The molecule has 0 saturated carbocycles. The van der Waals surface area contributed by atoms with Crippen LogP contribution in [0.2, 0.25) is 0 Å². The van der Waals surface area contributed by atoms with Crippen LogP contribution in [0.4, 0.5) is 5.00 Å². The number of aromatic nitrogens is 2.